The van der Waals surface area contributed by atoms with Gasteiger partial charge in [0, 0.05) is 66.8 Å². The van der Waals surface area contributed by atoms with Gasteiger partial charge in [-0.05, 0) is 63.6 Å². The fourth-order valence-corrected chi connectivity index (χ4v) is 6.27. The first-order valence-electron chi connectivity index (χ1n) is 14.0. The highest BCUT2D eigenvalue weighted by Gasteiger charge is 2.33. The largest absolute Gasteiger partial charge is 0.381 e. The van der Waals surface area contributed by atoms with Gasteiger partial charge >= 0.3 is 0 Å². The summed E-state index contributed by atoms with van der Waals surface area (Å²) in [6, 6.07) is 15.0. The number of piperidine rings is 1. The average Bonchev–Trinajstić information content (AvgIpc) is 3.34. The molecule has 3 aromatic rings. The van der Waals surface area contributed by atoms with Crippen molar-refractivity contribution < 1.29 is 14.3 Å². The van der Waals surface area contributed by atoms with Gasteiger partial charge in [-0.2, -0.15) is 0 Å². The maximum atomic E-state index is 13.7. The van der Waals surface area contributed by atoms with Crippen LogP contribution in [0.15, 0.2) is 48.7 Å². The molecule has 3 atom stereocenters. The third-order valence-corrected chi connectivity index (χ3v) is 8.33. The molecule has 0 saturated carbocycles. The van der Waals surface area contributed by atoms with Crippen molar-refractivity contribution in [3.05, 3.63) is 59.8 Å². The summed E-state index contributed by atoms with van der Waals surface area (Å²) in [5.41, 5.74) is 4.86. The Hall–Kier alpha value is -3.32. The number of hydrogen-bond donors (Lipinski definition) is 2. The van der Waals surface area contributed by atoms with Crippen LogP contribution in [0.25, 0.3) is 16.6 Å². The third kappa shape index (κ3) is 5.17. The van der Waals surface area contributed by atoms with E-state index >= 15 is 0 Å². The lowest BCUT2D eigenvalue weighted by Crippen LogP contribution is -2.50. The molecule has 2 amide bonds. The fraction of sp³-hybridized carbons (Fsp3) is 0.484. The van der Waals surface area contributed by atoms with Gasteiger partial charge in [0.15, 0.2) is 0 Å². The molecule has 0 aliphatic carbocycles. The molecule has 2 fully saturated rings. The fourth-order valence-electron chi connectivity index (χ4n) is 6.27. The molecule has 38 heavy (non-hydrogen) atoms. The van der Waals surface area contributed by atoms with Gasteiger partial charge in [-0.25, -0.2) is 0 Å². The molecule has 3 unspecified atom stereocenters. The SMILES string of the molecule is CCN(c1c(C)c(C(=O)NCC2C(=O)NC(C)CC2C)cc2cc(-c3ccccc3)cn12)C1CCOCC1. The molecule has 0 spiro atoms. The van der Waals surface area contributed by atoms with E-state index in [4.69, 9.17) is 4.74 Å². The highest BCUT2D eigenvalue weighted by molar-refractivity contribution is 5.99. The Labute approximate surface area is 225 Å². The van der Waals surface area contributed by atoms with Crippen LogP contribution in [0.3, 0.4) is 0 Å². The molecule has 2 aliphatic rings. The minimum absolute atomic E-state index is 0.0279. The average molecular weight is 517 g/mol. The summed E-state index contributed by atoms with van der Waals surface area (Å²) >= 11 is 0. The molecule has 2 aliphatic heterocycles. The van der Waals surface area contributed by atoms with Crippen LogP contribution < -0.4 is 15.5 Å². The number of rotatable bonds is 7. The molecule has 7 nitrogen and oxygen atoms in total. The maximum Gasteiger partial charge on any atom is 0.251 e. The van der Waals surface area contributed by atoms with E-state index in [1.165, 1.54) is 0 Å². The maximum absolute atomic E-state index is 13.7. The normalized spacial score (nSPS) is 22.3. The summed E-state index contributed by atoms with van der Waals surface area (Å²) in [6.45, 7) is 11.0. The van der Waals surface area contributed by atoms with E-state index in [1.54, 1.807) is 0 Å². The summed E-state index contributed by atoms with van der Waals surface area (Å²) in [4.78, 5) is 28.7. The molecule has 2 aromatic heterocycles. The van der Waals surface area contributed by atoms with Crippen LogP contribution >= 0.6 is 0 Å². The smallest absolute Gasteiger partial charge is 0.251 e. The van der Waals surface area contributed by atoms with Gasteiger partial charge in [0.25, 0.3) is 5.91 Å². The van der Waals surface area contributed by atoms with Crippen molar-refractivity contribution >= 4 is 23.1 Å². The number of nitrogens with zero attached hydrogens (tertiary/aromatic N) is 2. The first-order valence-corrected chi connectivity index (χ1v) is 14.0. The van der Waals surface area contributed by atoms with E-state index in [9.17, 15) is 9.59 Å². The van der Waals surface area contributed by atoms with Crippen LogP contribution in [-0.2, 0) is 9.53 Å². The third-order valence-electron chi connectivity index (χ3n) is 8.33. The van der Waals surface area contributed by atoms with E-state index in [1.807, 2.05) is 38.1 Å². The van der Waals surface area contributed by atoms with Gasteiger partial charge in [-0.1, -0.05) is 37.3 Å². The first kappa shape index (κ1) is 26.3. The van der Waals surface area contributed by atoms with E-state index in [0.717, 1.165) is 67.0 Å². The molecule has 4 heterocycles. The molecule has 2 N–H and O–H groups in total. The number of anilines is 1. The highest BCUT2D eigenvalue weighted by atomic mass is 16.5. The van der Waals surface area contributed by atoms with Gasteiger partial charge in [0.05, 0.1) is 5.92 Å². The van der Waals surface area contributed by atoms with Crippen molar-refractivity contribution in [3.8, 4) is 11.1 Å². The van der Waals surface area contributed by atoms with Gasteiger partial charge in [0.2, 0.25) is 5.91 Å². The quantitative estimate of drug-likeness (QED) is 0.473. The number of hydrogen-bond acceptors (Lipinski definition) is 4. The van der Waals surface area contributed by atoms with Crippen LogP contribution in [0.4, 0.5) is 5.82 Å². The minimum Gasteiger partial charge on any atom is -0.381 e. The summed E-state index contributed by atoms with van der Waals surface area (Å²) in [7, 11) is 0. The van der Waals surface area contributed by atoms with E-state index in [0.29, 0.717) is 18.2 Å². The molecular weight excluding hydrogens is 476 g/mol. The number of pyridine rings is 1. The lowest BCUT2D eigenvalue weighted by Gasteiger charge is -2.37. The monoisotopic (exact) mass is 516 g/mol. The van der Waals surface area contributed by atoms with Gasteiger partial charge in [-0.3, -0.25) is 9.59 Å². The number of benzene rings is 1. The first-order chi connectivity index (χ1) is 18.4. The molecular formula is C31H40N4O3. The Morgan fingerprint density at radius 2 is 1.87 bits per heavy atom. The molecule has 1 aromatic carbocycles. The Balaban J connectivity index is 1.53. The number of amides is 2. The van der Waals surface area contributed by atoms with Crippen molar-refractivity contribution in [2.75, 3.05) is 31.2 Å². The summed E-state index contributed by atoms with van der Waals surface area (Å²) in [5.74, 6) is 0.963. The van der Waals surface area contributed by atoms with Crippen LogP contribution in [0.2, 0.25) is 0 Å². The Kier molecular flexibility index (Phi) is 7.75. The highest BCUT2D eigenvalue weighted by Crippen LogP contribution is 2.33. The standard InChI is InChI=1S/C31H40N4O3/c1-5-34(25-11-13-38-14-12-25)31-22(4)27(29(36)32-18-28-20(2)15-21(3)33-30(28)37)17-26-16-24(19-35(26)31)23-9-7-6-8-10-23/h6-10,16-17,19-21,25,28H,5,11-15,18H2,1-4H3,(H,32,36)(H,33,37). The summed E-state index contributed by atoms with van der Waals surface area (Å²) in [5, 5.41) is 6.14. The predicted molar refractivity (Wildman–Crippen MR) is 152 cm³/mol. The lowest BCUT2D eigenvalue weighted by molar-refractivity contribution is -0.129. The summed E-state index contributed by atoms with van der Waals surface area (Å²) in [6.07, 6.45) is 5.03. The molecule has 2 saturated heterocycles. The lowest BCUT2D eigenvalue weighted by atomic mass is 9.84. The van der Waals surface area contributed by atoms with Gasteiger partial charge in [-0.15, -0.1) is 0 Å². The van der Waals surface area contributed by atoms with Crippen LogP contribution in [0.1, 0.15) is 56.0 Å². The number of aromatic nitrogens is 1. The van der Waals surface area contributed by atoms with E-state index in [-0.39, 0.29) is 29.7 Å². The van der Waals surface area contributed by atoms with Gasteiger partial charge in [0.1, 0.15) is 5.82 Å². The number of fused-ring (bicyclic) bond motifs is 1. The van der Waals surface area contributed by atoms with Crippen LogP contribution in [-0.4, -0.2) is 54.6 Å². The van der Waals surface area contributed by atoms with Crippen molar-refractivity contribution in [2.45, 2.75) is 59.0 Å². The van der Waals surface area contributed by atoms with Crippen molar-refractivity contribution in [1.29, 1.82) is 0 Å². The summed E-state index contributed by atoms with van der Waals surface area (Å²) < 4.78 is 7.90. The molecule has 5 rings (SSSR count). The van der Waals surface area contributed by atoms with Crippen LogP contribution in [0.5, 0.6) is 0 Å². The topological polar surface area (TPSA) is 75.1 Å². The number of carbonyl (C=O) groups excluding carboxylic acids is 2. The second kappa shape index (κ2) is 11.2. The Bertz CT molecular complexity index is 1300. The zero-order valence-electron chi connectivity index (χ0n) is 23.0. The second-order valence-corrected chi connectivity index (χ2v) is 11.0. The minimum atomic E-state index is -0.217. The molecule has 202 valence electrons. The molecule has 0 bridgehead atoms. The van der Waals surface area contributed by atoms with Crippen molar-refractivity contribution in [1.82, 2.24) is 15.0 Å². The number of nitrogens with one attached hydrogen (secondary N) is 2. The zero-order chi connectivity index (χ0) is 26.8. The zero-order valence-corrected chi connectivity index (χ0v) is 23.0. The Morgan fingerprint density at radius 1 is 1.13 bits per heavy atom. The van der Waals surface area contributed by atoms with Crippen molar-refractivity contribution in [3.63, 3.8) is 0 Å². The van der Waals surface area contributed by atoms with Crippen molar-refractivity contribution in [2.24, 2.45) is 11.8 Å². The van der Waals surface area contributed by atoms with E-state index in [2.05, 4.69) is 58.2 Å². The van der Waals surface area contributed by atoms with Crippen LogP contribution in [0, 0.1) is 18.8 Å². The number of ether oxygens (including phenoxy) is 1. The van der Waals surface area contributed by atoms with Gasteiger partial charge < -0.3 is 24.7 Å². The number of carbonyl (C=O) groups is 2. The Morgan fingerprint density at radius 3 is 2.55 bits per heavy atom. The van der Waals surface area contributed by atoms with E-state index < -0.39 is 0 Å². The molecule has 0 radical (unpaired) electrons. The second-order valence-electron chi connectivity index (χ2n) is 11.0. The molecule has 7 heteroatoms. The predicted octanol–water partition coefficient (Wildman–Crippen LogP) is 4.81.